The second-order valence-electron chi connectivity index (χ2n) is 8.35. The summed E-state index contributed by atoms with van der Waals surface area (Å²) in [4.78, 5) is 13.6. The van der Waals surface area contributed by atoms with Crippen LogP contribution in [0.5, 0.6) is 0 Å². The van der Waals surface area contributed by atoms with Crippen molar-refractivity contribution >= 4 is 12.4 Å². The molecule has 0 bridgehead atoms. The monoisotopic (exact) mass is 434 g/mol. The average molecular weight is 435 g/mol. The van der Waals surface area contributed by atoms with E-state index in [1.165, 1.54) is 29.0 Å². The Balaban J connectivity index is 1.29. The number of nitrogens with two attached hydrogens (primary N) is 1. The number of hydrogen-bond donors (Lipinski definition) is 1. The van der Waals surface area contributed by atoms with E-state index in [1.54, 1.807) is 18.3 Å². The fraction of sp³-hybridized carbons (Fsp3) is 0.333. The smallest absolute Gasteiger partial charge is 0.294 e. The van der Waals surface area contributed by atoms with E-state index in [0.29, 0.717) is 12.6 Å². The zero-order valence-corrected chi connectivity index (χ0v) is 17.8. The predicted molar refractivity (Wildman–Crippen MR) is 122 cm³/mol. The first kappa shape index (κ1) is 20.7. The summed E-state index contributed by atoms with van der Waals surface area (Å²) in [5.41, 5.74) is 3.13. The van der Waals surface area contributed by atoms with Gasteiger partial charge in [-0.15, -0.1) is 0 Å². The van der Waals surface area contributed by atoms with Crippen LogP contribution < -0.4 is 5.84 Å². The fourth-order valence-corrected chi connectivity index (χ4v) is 4.30. The molecular formula is C24H27FN6O. The number of nitrogens with zero attached hydrogens (tertiary/aromatic N) is 5. The maximum Gasteiger partial charge on any atom is 0.294 e. The molecule has 2 fully saturated rings. The number of halogens is 1. The Morgan fingerprint density at radius 1 is 1.00 bits per heavy atom. The minimum absolute atomic E-state index is 0.181. The van der Waals surface area contributed by atoms with Gasteiger partial charge in [-0.2, -0.15) is 0 Å². The van der Waals surface area contributed by atoms with Crippen molar-refractivity contribution in [3.05, 3.63) is 83.4 Å². The summed E-state index contributed by atoms with van der Waals surface area (Å²) in [5.74, 6) is 5.81. The first-order valence-corrected chi connectivity index (χ1v) is 10.9. The van der Waals surface area contributed by atoms with Crippen LogP contribution in [0.25, 0.3) is 0 Å². The van der Waals surface area contributed by atoms with Crippen molar-refractivity contribution in [2.45, 2.75) is 38.2 Å². The average Bonchev–Trinajstić information content (AvgIpc) is 3.16. The normalized spacial score (nSPS) is 22.8. The lowest BCUT2D eigenvalue weighted by Gasteiger charge is -2.30. The molecule has 8 heteroatoms. The van der Waals surface area contributed by atoms with E-state index >= 15 is 0 Å². The molecule has 0 saturated carbocycles. The lowest BCUT2D eigenvalue weighted by atomic mass is 10.0. The maximum absolute atomic E-state index is 13.4. The number of rotatable bonds is 5. The van der Waals surface area contributed by atoms with Gasteiger partial charge in [-0.1, -0.05) is 42.5 Å². The summed E-state index contributed by atoms with van der Waals surface area (Å²) in [5, 5.41) is 1.44. The van der Waals surface area contributed by atoms with Crippen molar-refractivity contribution in [1.82, 2.24) is 14.8 Å². The van der Waals surface area contributed by atoms with Crippen LogP contribution in [-0.2, 0) is 17.8 Å². The molecule has 3 heterocycles. The van der Waals surface area contributed by atoms with E-state index in [0.717, 1.165) is 43.7 Å². The summed E-state index contributed by atoms with van der Waals surface area (Å²) in [7, 11) is 0. The SMILES string of the molecule is NN1C=NC=C2C1OC(=NC1CCN(Cc3ccccc3)CC1)N2Cc1ccc(F)cc1. The number of ether oxygens (including phenoxy) is 1. The molecule has 0 radical (unpaired) electrons. The van der Waals surface area contributed by atoms with Crippen LogP contribution in [0.15, 0.2) is 76.5 Å². The molecule has 2 saturated heterocycles. The molecule has 7 nitrogen and oxygen atoms in total. The third-order valence-corrected chi connectivity index (χ3v) is 6.04. The van der Waals surface area contributed by atoms with Gasteiger partial charge in [-0.3, -0.25) is 14.8 Å². The van der Waals surface area contributed by atoms with Gasteiger partial charge in [-0.25, -0.2) is 20.2 Å². The number of fused-ring (bicyclic) bond motifs is 1. The van der Waals surface area contributed by atoms with E-state index in [4.69, 9.17) is 15.6 Å². The van der Waals surface area contributed by atoms with Gasteiger partial charge in [0.05, 0.1) is 18.8 Å². The zero-order chi connectivity index (χ0) is 21.9. The van der Waals surface area contributed by atoms with Crippen molar-refractivity contribution in [1.29, 1.82) is 0 Å². The molecule has 3 aliphatic rings. The Morgan fingerprint density at radius 2 is 1.72 bits per heavy atom. The molecule has 166 valence electrons. The van der Waals surface area contributed by atoms with Gasteiger partial charge in [-0.05, 0) is 36.1 Å². The van der Waals surface area contributed by atoms with Gasteiger partial charge in [0.15, 0.2) is 0 Å². The Bertz CT molecular complexity index is 1010. The number of hydrogen-bond acceptors (Lipinski definition) is 6. The summed E-state index contributed by atoms with van der Waals surface area (Å²) >= 11 is 0. The molecule has 2 N–H and O–H groups in total. The van der Waals surface area contributed by atoms with Crippen molar-refractivity contribution in [3.8, 4) is 0 Å². The Hall–Kier alpha value is -3.23. The third kappa shape index (κ3) is 4.51. The van der Waals surface area contributed by atoms with E-state index in [2.05, 4.69) is 34.2 Å². The van der Waals surface area contributed by atoms with Crippen LogP contribution in [-0.4, -0.2) is 52.5 Å². The first-order chi connectivity index (χ1) is 15.7. The highest BCUT2D eigenvalue weighted by atomic mass is 19.1. The highest BCUT2D eigenvalue weighted by Crippen LogP contribution is 2.29. The zero-order valence-electron chi connectivity index (χ0n) is 17.8. The lowest BCUT2D eigenvalue weighted by Crippen LogP contribution is -2.42. The number of aliphatic imine (C=N–C) groups is 2. The van der Waals surface area contributed by atoms with Gasteiger partial charge >= 0.3 is 0 Å². The minimum atomic E-state index is -0.454. The van der Waals surface area contributed by atoms with Crippen LogP contribution in [0.4, 0.5) is 4.39 Å². The van der Waals surface area contributed by atoms with E-state index in [-0.39, 0.29) is 11.9 Å². The van der Waals surface area contributed by atoms with Crippen LogP contribution in [0.3, 0.4) is 0 Å². The molecule has 1 atom stereocenters. The Labute approximate surface area is 187 Å². The van der Waals surface area contributed by atoms with Crippen molar-refractivity contribution < 1.29 is 9.13 Å². The van der Waals surface area contributed by atoms with Gasteiger partial charge in [0.1, 0.15) is 17.9 Å². The van der Waals surface area contributed by atoms with E-state index in [9.17, 15) is 4.39 Å². The first-order valence-electron chi connectivity index (χ1n) is 10.9. The second kappa shape index (κ2) is 9.10. The predicted octanol–water partition coefficient (Wildman–Crippen LogP) is 3.06. The van der Waals surface area contributed by atoms with Crippen molar-refractivity contribution in [2.75, 3.05) is 13.1 Å². The van der Waals surface area contributed by atoms with Crippen LogP contribution >= 0.6 is 0 Å². The molecule has 0 spiro atoms. The molecule has 3 aliphatic heterocycles. The number of likely N-dealkylation sites (tertiary alicyclic amines) is 1. The highest BCUT2D eigenvalue weighted by molar-refractivity contribution is 5.80. The Kier molecular flexibility index (Phi) is 5.87. The second-order valence-corrected chi connectivity index (χ2v) is 8.35. The highest BCUT2D eigenvalue weighted by Gasteiger charge is 2.39. The Morgan fingerprint density at radius 3 is 2.47 bits per heavy atom. The molecule has 2 aromatic carbocycles. The molecule has 0 aromatic heterocycles. The van der Waals surface area contributed by atoms with Crippen LogP contribution in [0.1, 0.15) is 24.0 Å². The van der Waals surface area contributed by atoms with E-state index in [1.807, 2.05) is 11.0 Å². The maximum atomic E-state index is 13.4. The fourth-order valence-electron chi connectivity index (χ4n) is 4.30. The lowest BCUT2D eigenvalue weighted by molar-refractivity contribution is 0.117. The van der Waals surface area contributed by atoms with Gasteiger partial charge < -0.3 is 4.74 Å². The summed E-state index contributed by atoms with van der Waals surface area (Å²) in [6.45, 7) is 3.46. The van der Waals surface area contributed by atoms with Crippen molar-refractivity contribution in [2.24, 2.45) is 15.8 Å². The topological polar surface area (TPSA) is 69.7 Å². The number of hydrazine groups is 1. The van der Waals surface area contributed by atoms with Crippen molar-refractivity contribution in [3.63, 3.8) is 0 Å². The number of benzene rings is 2. The van der Waals surface area contributed by atoms with E-state index < -0.39 is 6.23 Å². The van der Waals surface area contributed by atoms with Gasteiger partial charge in [0.2, 0.25) is 6.23 Å². The van der Waals surface area contributed by atoms with Gasteiger partial charge in [0.25, 0.3) is 6.02 Å². The quantitative estimate of drug-likeness (QED) is 0.733. The molecule has 0 amide bonds. The van der Waals surface area contributed by atoms with Crippen LogP contribution in [0.2, 0.25) is 0 Å². The van der Waals surface area contributed by atoms with Crippen LogP contribution in [0, 0.1) is 5.82 Å². The molecule has 1 unspecified atom stereocenters. The largest absolute Gasteiger partial charge is 0.433 e. The molecule has 0 aliphatic carbocycles. The summed E-state index contributed by atoms with van der Waals surface area (Å²) in [6.07, 6.45) is 4.77. The number of amidine groups is 1. The summed E-state index contributed by atoms with van der Waals surface area (Å²) < 4.78 is 19.5. The number of piperidine rings is 1. The molecule has 2 aromatic rings. The molecule has 5 rings (SSSR count). The minimum Gasteiger partial charge on any atom is -0.433 e. The molecular weight excluding hydrogens is 407 g/mol. The summed E-state index contributed by atoms with van der Waals surface area (Å²) in [6, 6.07) is 17.8. The molecule has 32 heavy (non-hydrogen) atoms. The third-order valence-electron chi connectivity index (χ3n) is 6.04. The standard InChI is InChI=1S/C24H27FN6O/c25-20-8-6-19(7-9-20)16-30-22-14-27-17-31(26)23(22)32-24(30)28-21-10-12-29(13-11-21)15-18-4-2-1-3-5-18/h1-9,14,17,21,23H,10-13,15-16,26H2. The van der Waals surface area contributed by atoms with Gasteiger partial charge in [0, 0.05) is 19.6 Å².